The number of hydrogen-bond acceptors (Lipinski definition) is 4. The smallest absolute Gasteiger partial charge is 0.496 e. The van der Waals surface area contributed by atoms with Gasteiger partial charge in [0.15, 0.2) is 0 Å². The highest BCUT2D eigenvalue weighted by Crippen LogP contribution is 2.40. The van der Waals surface area contributed by atoms with Gasteiger partial charge in [-0.2, -0.15) is 13.2 Å². The Balaban J connectivity index is 0.00000338. The van der Waals surface area contributed by atoms with Gasteiger partial charge in [-0.25, -0.2) is 0 Å². The summed E-state index contributed by atoms with van der Waals surface area (Å²) in [6.45, 7) is 1.67. The van der Waals surface area contributed by atoms with Crippen molar-refractivity contribution in [1.29, 1.82) is 0 Å². The van der Waals surface area contributed by atoms with Crippen LogP contribution in [-0.4, -0.2) is 50.7 Å². The predicted octanol–water partition coefficient (Wildman–Crippen LogP) is 3.91. The largest absolute Gasteiger partial charge is 0.573 e. The molecule has 1 atom stereocenters. The third-order valence-corrected chi connectivity index (χ3v) is 3.81. The first-order valence-electron chi connectivity index (χ1n) is 7.54. The first kappa shape index (κ1) is 22.7. The molecule has 150 valence electrons. The lowest BCUT2D eigenvalue weighted by molar-refractivity contribution is -0.274. The summed E-state index contributed by atoms with van der Waals surface area (Å²) < 4.78 is 85.4. The van der Waals surface area contributed by atoms with Crippen LogP contribution in [0.5, 0.6) is 11.5 Å². The molecule has 0 spiro atoms. The van der Waals surface area contributed by atoms with Crippen LogP contribution in [0, 0.1) is 0 Å². The average molecular weight is 409 g/mol. The van der Waals surface area contributed by atoms with Crippen LogP contribution in [0.4, 0.5) is 26.3 Å². The summed E-state index contributed by atoms with van der Waals surface area (Å²) in [6, 6.07) is 2.00. The number of nitrogens with one attached hydrogen (secondary N) is 1. The Labute approximate surface area is 152 Å². The molecule has 1 aliphatic heterocycles. The molecule has 1 fully saturated rings. The van der Waals surface area contributed by atoms with Gasteiger partial charge in [0.2, 0.25) is 0 Å². The van der Waals surface area contributed by atoms with Crippen LogP contribution in [0.2, 0.25) is 0 Å². The summed E-state index contributed by atoms with van der Waals surface area (Å²) in [5, 5.41) is 3.03. The van der Waals surface area contributed by atoms with Gasteiger partial charge in [0.1, 0.15) is 11.5 Å². The van der Waals surface area contributed by atoms with Gasteiger partial charge in [0.05, 0.1) is 13.5 Å². The van der Waals surface area contributed by atoms with Crippen molar-refractivity contribution in [2.45, 2.75) is 25.0 Å². The number of piperazine rings is 1. The van der Waals surface area contributed by atoms with E-state index >= 15 is 0 Å². The molecule has 1 saturated heterocycles. The number of ether oxygens (including phenoxy) is 2. The maximum Gasteiger partial charge on any atom is 0.573 e. The minimum atomic E-state index is -4.93. The molecule has 0 bridgehead atoms. The van der Waals surface area contributed by atoms with Crippen molar-refractivity contribution < 1.29 is 35.8 Å². The lowest BCUT2D eigenvalue weighted by Crippen LogP contribution is -2.46. The van der Waals surface area contributed by atoms with Gasteiger partial charge in [0, 0.05) is 37.8 Å². The van der Waals surface area contributed by atoms with Gasteiger partial charge in [-0.05, 0) is 18.2 Å². The molecule has 0 radical (unpaired) electrons. The SMILES string of the molecule is COc1ccc(OC(F)(F)F)cc1[C@@H](CC(F)(F)F)N1CCNCC1.Cl. The van der Waals surface area contributed by atoms with Gasteiger partial charge in [-0.3, -0.25) is 4.90 Å². The number of alkyl halides is 6. The topological polar surface area (TPSA) is 33.7 Å². The van der Waals surface area contributed by atoms with Crippen LogP contribution < -0.4 is 14.8 Å². The number of hydrogen-bond donors (Lipinski definition) is 1. The lowest BCUT2D eigenvalue weighted by Gasteiger charge is -2.36. The highest BCUT2D eigenvalue weighted by molar-refractivity contribution is 5.85. The third-order valence-electron chi connectivity index (χ3n) is 3.81. The predicted molar refractivity (Wildman–Crippen MR) is 84.8 cm³/mol. The molecule has 0 aliphatic carbocycles. The molecule has 1 aliphatic rings. The summed E-state index contributed by atoms with van der Waals surface area (Å²) >= 11 is 0. The second-order valence-corrected chi connectivity index (χ2v) is 5.57. The van der Waals surface area contributed by atoms with Crippen LogP contribution in [0.1, 0.15) is 18.0 Å². The van der Waals surface area contributed by atoms with Crippen molar-refractivity contribution in [2.75, 3.05) is 33.3 Å². The van der Waals surface area contributed by atoms with E-state index < -0.39 is 30.8 Å². The fraction of sp³-hybridized carbons (Fsp3) is 0.600. The summed E-state index contributed by atoms with van der Waals surface area (Å²) in [7, 11) is 1.26. The first-order chi connectivity index (χ1) is 11.6. The molecule has 0 amide bonds. The zero-order valence-electron chi connectivity index (χ0n) is 13.8. The van der Waals surface area contributed by atoms with Crippen molar-refractivity contribution in [1.82, 2.24) is 10.2 Å². The fourth-order valence-electron chi connectivity index (χ4n) is 2.82. The first-order valence-corrected chi connectivity index (χ1v) is 7.54. The molecular formula is C15H19ClF6N2O2. The van der Waals surface area contributed by atoms with Crippen LogP contribution in [-0.2, 0) is 0 Å². The second kappa shape index (κ2) is 9.01. The van der Waals surface area contributed by atoms with Crippen molar-refractivity contribution in [2.24, 2.45) is 0 Å². The van der Waals surface area contributed by atoms with Crippen molar-refractivity contribution in [3.8, 4) is 11.5 Å². The Kier molecular flexibility index (Phi) is 7.85. The highest BCUT2D eigenvalue weighted by atomic mass is 35.5. The summed E-state index contributed by atoms with van der Waals surface area (Å²) in [5.74, 6) is -0.493. The standard InChI is InChI=1S/C15H18F6N2O2.ClH/c1-24-13-3-2-10(25-15(19,20)21)8-11(13)12(9-14(16,17)18)23-6-4-22-5-7-23;/h2-3,8,12,22H,4-7,9H2,1H3;1H/t12-;/m1./s1. The molecular weight excluding hydrogens is 390 g/mol. The lowest BCUT2D eigenvalue weighted by atomic mass is 9.99. The molecule has 0 unspecified atom stereocenters. The quantitative estimate of drug-likeness (QED) is 0.749. The van der Waals surface area contributed by atoms with Gasteiger partial charge in [0.25, 0.3) is 0 Å². The van der Waals surface area contributed by atoms with Crippen molar-refractivity contribution >= 4 is 12.4 Å². The van der Waals surface area contributed by atoms with E-state index in [1.54, 1.807) is 4.90 Å². The minimum absolute atomic E-state index is 0. The van der Waals surface area contributed by atoms with Gasteiger partial charge in [-0.1, -0.05) is 0 Å². The number of nitrogens with zero attached hydrogens (tertiary/aromatic N) is 1. The van der Waals surface area contributed by atoms with E-state index in [1.807, 2.05) is 0 Å². The molecule has 1 heterocycles. The molecule has 1 aromatic carbocycles. The van der Waals surface area contributed by atoms with E-state index in [0.29, 0.717) is 26.2 Å². The average Bonchev–Trinajstić information content (AvgIpc) is 2.51. The highest BCUT2D eigenvalue weighted by Gasteiger charge is 2.38. The van der Waals surface area contributed by atoms with E-state index in [2.05, 4.69) is 10.1 Å². The Hall–Kier alpha value is -1.39. The monoisotopic (exact) mass is 408 g/mol. The number of benzene rings is 1. The van der Waals surface area contributed by atoms with E-state index in [-0.39, 0.29) is 23.7 Å². The Morgan fingerprint density at radius 2 is 1.73 bits per heavy atom. The zero-order chi connectivity index (χ0) is 18.7. The Bertz CT molecular complexity index is 576. The Morgan fingerprint density at radius 3 is 2.23 bits per heavy atom. The zero-order valence-corrected chi connectivity index (χ0v) is 14.6. The molecule has 11 heteroatoms. The second-order valence-electron chi connectivity index (χ2n) is 5.57. The Morgan fingerprint density at radius 1 is 1.12 bits per heavy atom. The normalized spacial score (nSPS) is 17.3. The van der Waals surface area contributed by atoms with E-state index in [4.69, 9.17) is 4.74 Å². The van der Waals surface area contributed by atoms with Crippen LogP contribution in [0.3, 0.4) is 0 Å². The minimum Gasteiger partial charge on any atom is -0.496 e. The van der Waals surface area contributed by atoms with E-state index in [0.717, 1.165) is 12.1 Å². The maximum atomic E-state index is 13.1. The van der Waals surface area contributed by atoms with E-state index in [9.17, 15) is 26.3 Å². The summed E-state index contributed by atoms with van der Waals surface area (Å²) in [6.07, 6.45) is -10.6. The number of rotatable bonds is 5. The van der Waals surface area contributed by atoms with Gasteiger partial charge < -0.3 is 14.8 Å². The van der Waals surface area contributed by atoms with Gasteiger partial charge >= 0.3 is 12.5 Å². The van der Waals surface area contributed by atoms with Crippen LogP contribution in [0.15, 0.2) is 18.2 Å². The van der Waals surface area contributed by atoms with Gasteiger partial charge in [-0.15, -0.1) is 25.6 Å². The number of methoxy groups -OCH3 is 1. The molecule has 0 saturated carbocycles. The van der Waals surface area contributed by atoms with Crippen molar-refractivity contribution in [3.05, 3.63) is 23.8 Å². The third kappa shape index (κ3) is 6.73. The molecule has 0 aromatic heterocycles. The molecule has 1 aromatic rings. The van der Waals surface area contributed by atoms with Crippen LogP contribution in [0.25, 0.3) is 0 Å². The number of halogens is 7. The molecule has 4 nitrogen and oxygen atoms in total. The summed E-state index contributed by atoms with van der Waals surface area (Å²) in [5.41, 5.74) is 0.0171. The van der Waals surface area contributed by atoms with E-state index in [1.165, 1.54) is 13.2 Å². The van der Waals surface area contributed by atoms with Crippen LogP contribution >= 0.6 is 12.4 Å². The molecule has 1 N–H and O–H groups in total. The maximum absolute atomic E-state index is 13.1. The molecule has 2 rings (SSSR count). The van der Waals surface area contributed by atoms with Crippen molar-refractivity contribution in [3.63, 3.8) is 0 Å². The molecule has 26 heavy (non-hydrogen) atoms. The summed E-state index contributed by atoms with van der Waals surface area (Å²) in [4.78, 5) is 1.58. The fourth-order valence-corrected chi connectivity index (χ4v) is 2.82.